The lowest BCUT2D eigenvalue weighted by molar-refractivity contribution is -0.128. The maximum atomic E-state index is 11.9. The Balaban J connectivity index is 2.16. The number of furan rings is 1. The SMILES string of the molecule is CNC(=O)C(C)(C)CNC(c1ccco1)c1ccc(Cl)s1. The molecule has 0 aliphatic heterocycles. The van der Waals surface area contributed by atoms with Gasteiger partial charge in [0.15, 0.2) is 0 Å². The first-order valence-corrected chi connectivity index (χ1v) is 7.87. The average molecular weight is 327 g/mol. The van der Waals surface area contributed by atoms with Crippen LogP contribution in [0, 0.1) is 5.41 Å². The van der Waals surface area contributed by atoms with Crippen LogP contribution in [0.4, 0.5) is 0 Å². The summed E-state index contributed by atoms with van der Waals surface area (Å²) in [5, 5.41) is 6.09. The Morgan fingerprint density at radius 3 is 2.71 bits per heavy atom. The van der Waals surface area contributed by atoms with E-state index in [4.69, 9.17) is 16.0 Å². The Labute approximate surface area is 133 Å². The van der Waals surface area contributed by atoms with Crippen molar-refractivity contribution in [3.05, 3.63) is 45.5 Å². The first kappa shape index (κ1) is 16.1. The Morgan fingerprint density at radius 1 is 1.43 bits per heavy atom. The van der Waals surface area contributed by atoms with Gasteiger partial charge in [-0.05, 0) is 38.1 Å². The van der Waals surface area contributed by atoms with Gasteiger partial charge in [-0.25, -0.2) is 0 Å². The van der Waals surface area contributed by atoms with Gasteiger partial charge in [-0.2, -0.15) is 0 Å². The second kappa shape index (κ2) is 6.64. The highest BCUT2D eigenvalue weighted by Crippen LogP contribution is 2.32. The molecule has 114 valence electrons. The molecule has 0 aliphatic rings. The van der Waals surface area contributed by atoms with Crippen LogP contribution in [0.15, 0.2) is 34.9 Å². The lowest BCUT2D eigenvalue weighted by Gasteiger charge is -2.25. The minimum Gasteiger partial charge on any atom is -0.467 e. The van der Waals surface area contributed by atoms with Gasteiger partial charge in [0.2, 0.25) is 5.91 Å². The van der Waals surface area contributed by atoms with E-state index in [9.17, 15) is 4.79 Å². The number of amides is 1. The molecule has 2 N–H and O–H groups in total. The molecule has 2 rings (SSSR count). The fourth-order valence-electron chi connectivity index (χ4n) is 2.06. The first-order valence-electron chi connectivity index (χ1n) is 6.68. The van der Waals surface area contributed by atoms with Crippen LogP contribution in [0.25, 0.3) is 0 Å². The normalized spacial score (nSPS) is 13.1. The summed E-state index contributed by atoms with van der Waals surface area (Å²) in [7, 11) is 1.65. The summed E-state index contributed by atoms with van der Waals surface area (Å²) in [5.74, 6) is 0.804. The van der Waals surface area contributed by atoms with Gasteiger partial charge in [0, 0.05) is 18.5 Å². The smallest absolute Gasteiger partial charge is 0.226 e. The van der Waals surface area contributed by atoms with E-state index in [1.165, 1.54) is 11.3 Å². The van der Waals surface area contributed by atoms with E-state index in [0.29, 0.717) is 6.54 Å². The molecule has 0 radical (unpaired) electrons. The van der Waals surface area contributed by atoms with E-state index in [1.54, 1.807) is 13.3 Å². The van der Waals surface area contributed by atoms with Gasteiger partial charge >= 0.3 is 0 Å². The minimum atomic E-state index is -0.513. The highest BCUT2D eigenvalue weighted by Gasteiger charge is 2.29. The molecule has 0 aromatic carbocycles. The van der Waals surface area contributed by atoms with Gasteiger partial charge in [-0.3, -0.25) is 4.79 Å². The quantitative estimate of drug-likeness (QED) is 0.855. The molecule has 1 amide bonds. The monoisotopic (exact) mass is 326 g/mol. The highest BCUT2D eigenvalue weighted by atomic mass is 35.5. The van der Waals surface area contributed by atoms with E-state index < -0.39 is 5.41 Å². The summed E-state index contributed by atoms with van der Waals surface area (Å²) in [6.07, 6.45) is 1.64. The molecule has 6 heteroatoms. The Hall–Kier alpha value is -1.30. The third-order valence-electron chi connectivity index (χ3n) is 3.30. The van der Waals surface area contributed by atoms with Crippen molar-refractivity contribution in [1.29, 1.82) is 0 Å². The molecule has 0 bridgehead atoms. The molecule has 2 aromatic rings. The van der Waals surface area contributed by atoms with E-state index in [1.807, 2.05) is 38.1 Å². The van der Waals surface area contributed by atoms with E-state index in [2.05, 4.69) is 10.6 Å². The predicted molar refractivity (Wildman–Crippen MR) is 85.7 cm³/mol. The number of carbonyl (C=O) groups is 1. The van der Waals surface area contributed by atoms with Crippen molar-refractivity contribution in [2.24, 2.45) is 5.41 Å². The number of rotatable bonds is 6. The second-order valence-corrected chi connectivity index (χ2v) is 7.18. The zero-order chi connectivity index (χ0) is 15.5. The van der Waals surface area contributed by atoms with Crippen LogP contribution in [0.3, 0.4) is 0 Å². The lowest BCUT2D eigenvalue weighted by Crippen LogP contribution is -2.43. The van der Waals surface area contributed by atoms with Gasteiger partial charge in [0.25, 0.3) is 0 Å². The number of thiophene rings is 1. The third kappa shape index (κ3) is 3.87. The molecule has 0 fully saturated rings. The van der Waals surface area contributed by atoms with Crippen molar-refractivity contribution in [2.45, 2.75) is 19.9 Å². The molecular formula is C15H19ClN2O2S. The minimum absolute atomic E-state index is 0.00240. The summed E-state index contributed by atoms with van der Waals surface area (Å²) in [5.41, 5.74) is -0.513. The Kier molecular flexibility index (Phi) is 5.08. The van der Waals surface area contributed by atoms with Crippen LogP contribution in [-0.4, -0.2) is 19.5 Å². The van der Waals surface area contributed by atoms with Gasteiger partial charge in [-0.15, -0.1) is 11.3 Å². The zero-order valence-corrected chi connectivity index (χ0v) is 13.8. The summed E-state index contributed by atoms with van der Waals surface area (Å²) in [6.45, 7) is 4.33. The van der Waals surface area contributed by atoms with Crippen LogP contribution < -0.4 is 10.6 Å². The van der Waals surface area contributed by atoms with Crippen molar-refractivity contribution in [3.8, 4) is 0 Å². The molecule has 4 nitrogen and oxygen atoms in total. The van der Waals surface area contributed by atoms with E-state index in [-0.39, 0.29) is 11.9 Å². The maximum Gasteiger partial charge on any atom is 0.226 e. The van der Waals surface area contributed by atoms with Crippen molar-refractivity contribution in [1.82, 2.24) is 10.6 Å². The number of halogens is 1. The van der Waals surface area contributed by atoms with Crippen molar-refractivity contribution >= 4 is 28.8 Å². The number of nitrogens with one attached hydrogen (secondary N) is 2. The van der Waals surface area contributed by atoms with Gasteiger partial charge in [0.1, 0.15) is 11.8 Å². The standard InChI is InChI=1S/C15H19ClN2O2S/c1-15(2,14(19)17-3)9-18-13(10-5-4-8-20-10)11-6-7-12(16)21-11/h4-8,13,18H,9H2,1-3H3,(H,17,19). The molecule has 0 saturated carbocycles. The van der Waals surface area contributed by atoms with Gasteiger partial charge in [0.05, 0.1) is 16.0 Å². The lowest BCUT2D eigenvalue weighted by atomic mass is 9.92. The van der Waals surface area contributed by atoms with Crippen LogP contribution in [0.5, 0.6) is 0 Å². The molecule has 0 spiro atoms. The summed E-state index contributed by atoms with van der Waals surface area (Å²) < 4.78 is 6.24. The fraction of sp³-hybridized carbons (Fsp3) is 0.400. The summed E-state index contributed by atoms with van der Waals surface area (Å²) in [4.78, 5) is 12.9. The Bertz CT molecular complexity index is 593. The summed E-state index contributed by atoms with van der Waals surface area (Å²) in [6, 6.07) is 7.49. The van der Waals surface area contributed by atoms with Crippen molar-refractivity contribution < 1.29 is 9.21 Å². The molecule has 1 atom stereocenters. The van der Waals surface area contributed by atoms with Crippen LogP contribution in [0.2, 0.25) is 4.34 Å². The van der Waals surface area contributed by atoms with E-state index >= 15 is 0 Å². The largest absolute Gasteiger partial charge is 0.467 e. The zero-order valence-electron chi connectivity index (χ0n) is 12.3. The average Bonchev–Trinajstić information content (AvgIpc) is 3.10. The first-order chi connectivity index (χ1) is 9.94. The van der Waals surface area contributed by atoms with Crippen molar-refractivity contribution in [2.75, 3.05) is 13.6 Å². The summed E-state index contributed by atoms with van der Waals surface area (Å²) >= 11 is 7.53. The highest BCUT2D eigenvalue weighted by molar-refractivity contribution is 7.16. The van der Waals surface area contributed by atoms with Gasteiger partial charge < -0.3 is 15.1 Å². The molecule has 1 unspecified atom stereocenters. The van der Waals surface area contributed by atoms with E-state index in [0.717, 1.165) is 15.0 Å². The van der Waals surface area contributed by atoms with Crippen molar-refractivity contribution in [3.63, 3.8) is 0 Å². The molecule has 2 heterocycles. The van der Waals surface area contributed by atoms with Crippen LogP contribution in [0.1, 0.15) is 30.5 Å². The number of carbonyl (C=O) groups excluding carboxylic acids is 1. The Morgan fingerprint density at radius 2 is 2.19 bits per heavy atom. The molecule has 0 aliphatic carbocycles. The van der Waals surface area contributed by atoms with Gasteiger partial charge in [-0.1, -0.05) is 11.6 Å². The topological polar surface area (TPSA) is 54.3 Å². The molecular weight excluding hydrogens is 308 g/mol. The second-order valence-electron chi connectivity index (χ2n) is 5.43. The third-order valence-corrected chi connectivity index (χ3v) is 4.59. The molecule has 21 heavy (non-hydrogen) atoms. The number of hydrogen-bond donors (Lipinski definition) is 2. The fourth-order valence-corrected chi connectivity index (χ4v) is 3.20. The van der Waals surface area contributed by atoms with Crippen LogP contribution in [-0.2, 0) is 4.79 Å². The number of hydrogen-bond acceptors (Lipinski definition) is 4. The predicted octanol–water partition coefficient (Wildman–Crippen LogP) is 3.45. The van der Waals surface area contributed by atoms with Crippen LogP contribution >= 0.6 is 22.9 Å². The molecule has 0 saturated heterocycles. The maximum absolute atomic E-state index is 11.9. The molecule has 2 aromatic heterocycles.